The van der Waals surface area contributed by atoms with Crippen molar-refractivity contribution in [3.63, 3.8) is 0 Å². The van der Waals surface area contributed by atoms with Gasteiger partial charge in [0.15, 0.2) is 0 Å². The van der Waals surface area contributed by atoms with Gasteiger partial charge in [0.1, 0.15) is 11.5 Å². The van der Waals surface area contributed by atoms with Gasteiger partial charge in [0.2, 0.25) is 0 Å². The summed E-state index contributed by atoms with van der Waals surface area (Å²) in [7, 11) is 3.28. The number of hydrogen-bond acceptors (Lipinski definition) is 3. The van der Waals surface area contributed by atoms with Gasteiger partial charge in [-0.05, 0) is 49.6 Å². The molecule has 0 saturated heterocycles. The molecule has 134 valence electrons. The predicted octanol–water partition coefficient (Wildman–Crippen LogP) is 3.48. The molecule has 2 aromatic rings. The van der Waals surface area contributed by atoms with Crippen molar-refractivity contribution >= 4 is 6.03 Å². The number of benzene rings is 2. The van der Waals surface area contributed by atoms with E-state index in [0.717, 1.165) is 22.6 Å². The Hall–Kier alpha value is -2.69. The molecular weight excluding hydrogens is 316 g/mol. The van der Waals surface area contributed by atoms with Crippen LogP contribution in [0.25, 0.3) is 0 Å². The van der Waals surface area contributed by atoms with Crippen LogP contribution in [0.5, 0.6) is 11.5 Å². The number of methoxy groups -OCH3 is 2. The second kappa shape index (κ2) is 8.42. The van der Waals surface area contributed by atoms with Crippen molar-refractivity contribution in [3.05, 3.63) is 59.7 Å². The summed E-state index contributed by atoms with van der Waals surface area (Å²) in [6.07, 6.45) is 0.709. The third-order valence-electron chi connectivity index (χ3n) is 4.11. The Morgan fingerprint density at radius 2 is 1.68 bits per heavy atom. The van der Waals surface area contributed by atoms with Gasteiger partial charge in [-0.2, -0.15) is 0 Å². The Kier molecular flexibility index (Phi) is 6.28. The van der Waals surface area contributed by atoms with E-state index in [4.69, 9.17) is 9.47 Å². The van der Waals surface area contributed by atoms with Crippen LogP contribution in [0.2, 0.25) is 0 Å². The molecule has 0 aliphatic rings. The van der Waals surface area contributed by atoms with Gasteiger partial charge in [0.05, 0.1) is 19.8 Å². The molecule has 0 unspecified atom stereocenters. The molecule has 0 spiro atoms. The van der Waals surface area contributed by atoms with E-state index >= 15 is 0 Å². The predicted molar refractivity (Wildman–Crippen MR) is 99.3 cm³/mol. The van der Waals surface area contributed by atoms with E-state index in [2.05, 4.69) is 10.6 Å². The molecule has 0 heterocycles. The van der Waals surface area contributed by atoms with Crippen LogP contribution in [0.4, 0.5) is 4.79 Å². The third kappa shape index (κ3) is 5.14. The molecule has 5 nitrogen and oxygen atoms in total. The fraction of sp³-hybridized carbons (Fsp3) is 0.350. The zero-order chi connectivity index (χ0) is 18.3. The van der Waals surface area contributed by atoms with E-state index in [1.165, 1.54) is 0 Å². The molecule has 2 amide bonds. The van der Waals surface area contributed by atoms with Crippen molar-refractivity contribution in [2.24, 2.45) is 0 Å². The Morgan fingerprint density at radius 1 is 1.00 bits per heavy atom. The van der Waals surface area contributed by atoms with Crippen LogP contribution < -0.4 is 20.1 Å². The van der Waals surface area contributed by atoms with E-state index in [-0.39, 0.29) is 6.03 Å². The molecular formula is C20H26N2O3. The molecule has 0 aliphatic heterocycles. The van der Waals surface area contributed by atoms with Gasteiger partial charge in [0.25, 0.3) is 0 Å². The minimum Gasteiger partial charge on any atom is -0.497 e. The smallest absolute Gasteiger partial charge is 0.315 e. The molecule has 0 aromatic heterocycles. The maximum Gasteiger partial charge on any atom is 0.315 e. The van der Waals surface area contributed by atoms with Crippen molar-refractivity contribution in [3.8, 4) is 11.5 Å². The van der Waals surface area contributed by atoms with Gasteiger partial charge in [-0.15, -0.1) is 0 Å². The summed E-state index contributed by atoms with van der Waals surface area (Å²) in [4.78, 5) is 12.2. The lowest BCUT2D eigenvalue weighted by Crippen LogP contribution is -2.46. The molecule has 0 aliphatic carbocycles. The summed E-state index contributed by atoms with van der Waals surface area (Å²) in [6.45, 7) is 4.47. The lowest BCUT2D eigenvalue weighted by atomic mass is 9.94. The average molecular weight is 342 g/mol. The van der Waals surface area contributed by atoms with Crippen LogP contribution >= 0.6 is 0 Å². The highest BCUT2D eigenvalue weighted by Crippen LogP contribution is 2.22. The summed E-state index contributed by atoms with van der Waals surface area (Å²) < 4.78 is 10.5. The minimum absolute atomic E-state index is 0.198. The maximum absolute atomic E-state index is 12.2. The van der Waals surface area contributed by atoms with Crippen molar-refractivity contribution in [2.75, 3.05) is 20.8 Å². The molecule has 5 heteroatoms. The lowest BCUT2D eigenvalue weighted by Gasteiger charge is -2.27. The fourth-order valence-electron chi connectivity index (χ4n) is 2.63. The highest BCUT2D eigenvalue weighted by molar-refractivity contribution is 5.75. The van der Waals surface area contributed by atoms with Crippen LogP contribution in [0.15, 0.2) is 48.5 Å². The van der Waals surface area contributed by atoms with Gasteiger partial charge < -0.3 is 20.1 Å². The van der Waals surface area contributed by atoms with Crippen molar-refractivity contribution in [2.45, 2.75) is 25.8 Å². The summed E-state index contributed by atoms with van der Waals surface area (Å²) >= 11 is 0. The molecule has 0 radical (unpaired) electrons. The highest BCUT2D eigenvalue weighted by Gasteiger charge is 2.22. The summed E-state index contributed by atoms with van der Waals surface area (Å²) in [5.41, 5.74) is 1.59. The van der Waals surface area contributed by atoms with Gasteiger partial charge >= 0.3 is 6.03 Å². The number of amides is 2. The first-order valence-electron chi connectivity index (χ1n) is 8.28. The maximum atomic E-state index is 12.2. The highest BCUT2D eigenvalue weighted by atomic mass is 16.5. The third-order valence-corrected chi connectivity index (χ3v) is 4.11. The molecule has 0 fully saturated rings. The zero-order valence-electron chi connectivity index (χ0n) is 15.3. The number of carbonyl (C=O) groups excluding carboxylic acids is 1. The topological polar surface area (TPSA) is 59.6 Å². The number of carbonyl (C=O) groups is 1. The van der Waals surface area contributed by atoms with E-state index in [0.29, 0.717) is 13.0 Å². The van der Waals surface area contributed by atoms with Crippen LogP contribution in [0.1, 0.15) is 25.0 Å². The summed E-state index contributed by atoms with van der Waals surface area (Å²) in [5, 5.41) is 5.90. The van der Waals surface area contributed by atoms with Crippen LogP contribution in [-0.4, -0.2) is 26.8 Å². The number of ether oxygens (including phenoxy) is 2. The minimum atomic E-state index is -0.485. The number of hydrogen-bond donors (Lipinski definition) is 2. The molecule has 0 saturated carbocycles. The SMILES string of the molecule is COc1ccc(C(C)(C)NC(=O)NCCc2ccccc2OC)cc1. The monoisotopic (exact) mass is 342 g/mol. The molecule has 0 bridgehead atoms. The average Bonchev–Trinajstić information content (AvgIpc) is 2.61. The molecule has 2 aromatic carbocycles. The van der Waals surface area contributed by atoms with E-state index in [9.17, 15) is 4.79 Å². The van der Waals surface area contributed by atoms with Crippen molar-refractivity contribution < 1.29 is 14.3 Å². The second-order valence-corrected chi connectivity index (χ2v) is 6.30. The molecule has 2 rings (SSSR count). The van der Waals surface area contributed by atoms with Crippen LogP contribution in [0.3, 0.4) is 0 Å². The first-order valence-corrected chi connectivity index (χ1v) is 8.28. The number of nitrogens with one attached hydrogen (secondary N) is 2. The Bertz CT molecular complexity index is 696. The van der Waals surface area contributed by atoms with E-state index in [1.807, 2.05) is 62.4 Å². The molecule has 2 N–H and O–H groups in total. The number of para-hydroxylation sites is 1. The van der Waals surface area contributed by atoms with E-state index in [1.54, 1.807) is 14.2 Å². The Labute approximate surface area is 149 Å². The molecule has 25 heavy (non-hydrogen) atoms. The number of urea groups is 1. The summed E-state index contributed by atoms with van der Waals surface area (Å²) in [6, 6.07) is 15.3. The van der Waals surface area contributed by atoms with Gasteiger partial charge in [0, 0.05) is 6.54 Å². The standard InChI is InChI=1S/C20H26N2O3/c1-20(2,16-9-11-17(24-3)12-10-16)22-19(23)21-14-13-15-7-5-6-8-18(15)25-4/h5-12H,13-14H2,1-4H3,(H2,21,22,23). The van der Waals surface area contributed by atoms with Crippen LogP contribution in [0, 0.1) is 0 Å². The normalized spacial score (nSPS) is 10.9. The second-order valence-electron chi connectivity index (χ2n) is 6.30. The first kappa shape index (κ1) is 18.6. The summed E-state index contributed by atoms with van der Waals surface area (Å²) in [5.74, 6) is 1.63. The Balaban J connectivity index is 1.88. The quantitative estimate of drug-likeness (QED) is 0.810. The van der Waals surface area contributed by atoms with Crippen LogP contribution in [-0.2, 0) is 12.0 Å². The van der Waals surface area contributed by atoms with Gasteiger partial charge in [-0.25, -0.2) is 4.79 Å². The van der Waals surface area contributed by atoms with E-state index < -0.39 is 5.54 Å². The largest absolute Gasteiger partial charge is 0.497 e. The van der Waals surface area contributed by atoms with Crippen molar-refractivity contribution in [1.82, 2.24) is 10.6 Å². The van der Waals surface area contributed by atoms with Crippen molar-refractivity contribution in [1.29, 1.82) is 0 Å². The first-order chi connectivity index (χ1) is 12.0. The zero-order valence-corrected chi connectivity index (χ0v) is 15.3. The fourth-order valence-corrected chi connectivity index (χ4v) is 2.63. The van der Waals surface area contributed by atoms with Gasteiger partial charge in [-0.1, -0.05) is 30.3 Å². The Morgan fingerprint density at radius 3 is 2.32 bits per heavy atom. The number of rotatable bonds is 7. The van der Waals surface area contributed by atoms with Gasteiger partial charge in [-0.3, -0.25) is 0 Å². The lowest BCUT2D eigenvalue weighted by molar-refractivity contribution is 0.230. The molecule has 0 atom stereocenters.